The van der Waals surface area contributed by atoms with Crippen molar-refractivity contribution < 1.29 is 4.74 Å². The Morgan fingerprint density at radius 1 is 1.28 bits per heavy atom. The van der Waals surface area contributed by atoms with Crippen molar-refractivity contribution in [2.24, 2.45) is 5.92 Å². The van der Waals surface area contributed by atoms with Crippen LogP contribution in [0.3, 0.4) is 0 Å². The fourth-order valence-corrected chi connectivity index (χ4v) is 2.08. The predicted molar refractivity (Wildman–Crippen MR) is 71.2 cm³/mol. The van der Waals surface area contributed by atoms with Gasteiger partial charge < -0.3 is 9.64 Å². The van der Waals surface area contributed by atoms with E-state index in [1.165, 1.54) is 0 Å². The molecule has 0 atom stereocenters. The summed E-state index contributed by atoms with van der Waals surface area (Å²) in [6.07, 6.45) is 3.24. The van der Waals surface area contributed by atoms with E-state index in [1.807, 2.05) is 6.92 Å². The van der Waals surface area contributed by atoms with E-state index in [0.717, 1.165) is 38.3 Å². The molecule has 1 aliphatic rings. The molecule has 0 aromatic carbocycles. The van der Waals surface area contributed by atoms with E-state index in [2.05, 4.69) is 26.8 Å². The van der Waals surface area contributed by atoms with E-state index in [9.17, 15) is 0 Å². The molecule has 18 heavy (non-hydrogen) atoms. The third kappa shape index (κ3) is 3.45. The first-order valence-electron chi connectivity index (χ1n) is 6.48. The number of rotatable bonds is 4. The minimum absolute atomic E-state index is 0.199. The van der Waals surface area contributed by atoms with Crippen molar-refractivity contribution in [2.75, 3.05) is 24.6 Å². The Kier molecular flexibility index (Phi) is 4.58. The molecule has 0 spiro atoms. The van der Waals surface area contributed by atoms with Crippen LogP contribution in [-0.2, 0) is 0 Å². The minimum atomic E-state index is 0.199. The number of nitrogens with zero attached hydrogens (tertiary/aromatic N) is 4. The number of piperidine rings is 1. The fraction of sp³-hybridized carbons (Fsp3) is 0.750. The summed E-state index contributed by atoms with van der Waals surface area (Å²) in [5.74, 6) is 1.40. The molecule has 2 rings (SSSR count). The number of hydrogen-bond donors (Lipinski definition) is 0. The molecule has 6 heteroatoms. The highest BCUT2D eigenvalue weighted by molar-refractivity contribution is 6.28. The molecular formula is C12H19ClN4O. The largest absolute Gasteiger partial charge is 0.463 e. The molecule has 0 bridgehead atoms. The van der Waals surface area contributed by atoms with E-state index in [1.54, 1.807) is 0 Å². The molecule has 1 saturated heterocycles. The molecule has 0 radical (unpaired) electrons. The first-order chi connectivity index (χ1) is 8.69. The summed E-state index contributed by atoms with van der Waals surface area (Å²) in [5, 5.41) is 0.199. The third-order valence-corrected chi connectivity index (χ3v) is 3.25. The van der Waals surface area contributed by atoms with E-state index < -0.39 is 0 Å². The summed E-state index contributed by atoms with van der Waals surface area (Å²) < 4.78 is 5.42. The number of halogens is 1. The van der Waals surface area contributed by atoms with Crippen molar-refractivity contribution in [1.82, 2.24) is 15.0 Å². The van der Waals surface area contributed by atoms with Crippen LogP contribution in [0.15, 0.2) is 0 Å². The lowest BCUT2D eigenvalue weighted by Crippen LogP contribution is -2.34. The van der Waals surface area contributed by atoms with Crippen molar-refractivity contribution in [3.05, 3.63) is 5.28 Å². The Balaban J connectivity index is 2.09. The Morgan fingerprint density at radius 2 is 2.00 bits per heavy atom. The molecule has 1 aromatic rings. The van der Waals surface area contributed by atoms with Gasteiger partial charge >= 0.3 is 6.01 Å². The summed E-state index contributed by atoms with van der Waals surface area (Å²) in [5.41, 5.74) is 0. The van der Waals surface area contributed by atoms with Gasteiger partial charge in [0.25, 0.3) is 0 Å². The first kappa shape index (κ1) is 13.3. The molecule has 0 aliphatic carbocycles. The van der Waals surface area contributed by atoms with Crippen LogP contribution in [0.2, 0.25) is 5.28 Å². The van der Waals surface area contributed by atoms with Gasteiger partial charge in [0.05, 0.1) is 6.61 Å². The topological polar surface area (TPSA) is 51.1 Å². The lowest BCUT2D eigenvalue weighted by Gasteiger charge is -2.30. The molecular weight excluding hydrogens is 252 g/mol. The number of ether oxygens (including phenoxy) is 1. The molecule has 5 nitrogen and oxygen atoms in total. The zero-order valence-electron chi connectivity index (χ0n) is 10.9. The Morgan fingerprint density at radius 3 is 2.67 bits per heavy atom. The van der Waals surface area contributed by atoms with E-state index in [4.69, 9.17) is 16.3 Å². The zero-order valence-corrected chi connectivity index (χ0v) is 11.7. The van der Waals surface area contributed by atoms with Crippen LogP contribution in [-0.4, -0.2) is 34.6 Å². The monoisotopic (exact) mass is 270 g/mol. The zero-order chi connectivity index (χ0) is 13.0. The molecule has 1 fully saturated rings. The second kappa shape index (κ2) is 6.18. The van der Waals surface area contributed by atoms with Gasteiger partial charge in [0.1, 0.15) is 0 Å². The van der Waals surface area contributed by atoms with Crippen molar-refractivity contribution in [1.29, 1.82) is 0 Å². The summed E-state index contributed by atoms with van der Waals surface area (Å²) >= 11 is 5.91. The van der Waals surface area contributed by atoms with Crippen molar-refractivity contribution in [3.8, 4) is 6.01 Å². The molecule has 0 N–H and O–H groups in total. The molecule has 2 heterocycles. The second-order valence-corrected chi connectivity index (χ2v) is 5.04. The van der Waals surface area contributed by atoms with Crippen molar-refractivity contribution >= 4 is 17.5 Å². The number of hydrogen-bond acceptors (Lipinski definition) is 5. The van der Waals surface area contributed by atoms with E-state index in [-0.39, 0.29) is 5.28 Å². The maximum atomic E-state index is 5.91. The lowest BCUT2D eigenvalue weighted by atomic mass is 10.00. The van der Waals surface area contributed by atoms with Crippen LogP contribution in [0.25, 0.3) is 0 Å². The SMILES string of the molecule is CCCOc1nc(Cl)nc(N2CCC(C)CC2)n1. The fourth-order valence-electron chi connectivity index (χ4n) is 1.93. The maximum absolute atomic E-state index is 5.91. The summed E-state index contributed by atoms with van der Waals surface area (Å²) in [7, 11) is 0. The molecule has 0 unspecified atom stereocenters. The third-order valence-electron chi connectivity index (χ3n) is 3.08. The Labute approximate surface area is 113 Å². The lowest BCUT2D eigenvalue weighted by molar-refractivity contribution is 0.291. The highest BCUT2D eigenvalue weighted by Gasteiger charge is 2.19. The maximum Gasteiger partial charge on any atom is 0.322 e. The summed E-state index contributed by atoms with van der Waals surface area (Å²) in [4.78, 5) is 14.6. The molecule has 1 aliphatic heterocycles. The summed E-state index contributed by atoms with van der Waals surface area (Å²) in [6.45, 7) is 6.84. The van der Waals surface area contributed by atoms with Gasteiger partial charge in [-0.15, -0.1) is 0 Å². The van der Waals surface area contributed by atoms with Crippen LogP contribution >= 0.6 is 11.6 Å². The average molecular weight is 271 g/mol. The normalized spacial score (nSPS) is 16.9. The molecule has 0 amide bonds. The quantitative estimate of drug-likeness (QED) is 0.842. The van der Waals surface area contributed by atoms with Crippen LogP contribution in [0.5, 0.6) is 6.01 Å². The minimum Gasteiger partial charge on any atom is -0.463 e. The van der Waals surface area contributed by atoms with Crippen molar-refractivity contribution in [2.45, 2.75) is 33.1 Å². The first-order valence-corrected chi connectivity index (χ1v) is 6.86. The smallest absolute Gasteiger partial charge is 0.322 e. The van der Waals surface area contributed by atoms with E-state index >= 15 is 0 Å². The van der Waals surface area contributed by atoms with Crippen LogP contribution in [0.1, 0.15) is 33.1 Å². The van der Waals surface area contributed by atoms with Gasteiger partial charge in [-0.2, -0.15) is 15.0 Å². The number of anilines is 1. The molecule has 100 valence electrons. The Bertz CT molecular complexity index is 394. The average Bonchev–Trinajstić information content (AvgIpc) is 2.36. The van der Waals surface area contributed by atoms with Gasteiger partial charge in [0.15, 0.2) is 0 Å². The van der Waals surface area contributed by atoms with Gasteiger partial charge in [0, 0.05) is 13.1 Å². The summed E-state index contributed by atoms with van der Waals surface area (Å²) in [6, 6.07) is 0.325. The Hall–Kier alpha value is -1.10. The van der Waals surface area contributed by atoms with Gasteiger partial charge in [-0.05, 0) is 36.8 Å². The highest BCUT2D eigenvalue weighted by atomic mass is 35.5. The number of aromatic nitrogens is 3. The predicted octanol–water partition coefficient (Wildman–Crippen LogP) is 2.55. The van der Waals surface area contributed by atoms with Crippen LogP contribution < -0.4 is 9.64 Å². The van der Waals surface area contributed by atoms with Gasteiger partial charge in [-0.1, -0.05) is 13.8 Å². The van der Waals surface area contributed by atoms with Gasteiger partial charge in [-0.3, -0.25) is 0 Å². The second-order valence-electron chi connectivity index (χ2n) is 4.71. The molecule has 1 aromatic heterocycles. The standard InChI is InChI=1S/C12H19ClN4O/c1-3-8-18-12-15-10(13)14-11(16-12)17-6-4-9(2)5-7-17/h9H,3-8H2,1-2H3. The van der Waals surface area contributed by atoms with Gasteiger partial charge in [0.2, 0.25) is 11.2 Å². The van der Waals surface area contributed by atoms with Gasteiger partial charge in [-0.25, -0.2) is 0 Å². The van der Waals surface area contributed by atoms with Crippen molar-refractivity contribution in [3.63, 3.8) is 0 Å². The molecule has 0 saturated carbocycles. The van der Waals surface area contributed by atoms with Crippen LogP contribution in [0.4, 0.5) is 5.95 Å². The van der Waals surface area contributed by atoms with E-state index in [0.29, 0.717) is 18.6 Å². The van der Waals surface area contributed by atoms with Crippen LogP contribution in [0, 0.1) is 5.92 Å². The highest BCUT2D eigenvalue weighted by Crippen LogP contribution is 2.22.